The minimum Gasteiger partial charge on any atom is -0.354 e. The summed E-state index contributed by atoms with van der Waals surface area (Å²) in [6.07, 6.45) is 7.29. The molecule has 1 N–H and O–H groups in total. The molecule has 2 aromatic heterocycles. The molecule has 0 spiro atoms. The highest BCUT2D eigenvalue weighted by Gasteiger charge is 2.22. The predicted molar refractivity (Wildman–Crippen MR) is 107 cm³/mol. The molecule has 0 saturated heterocycles. The first kappa shape index (κ1) is 18.7. The van der Waals surface area contributed by atoms with Crippen LogP contribution in [0.5, 0.6) is 0 Å². The van der Waals surface area contributed by atoms with Gasteiger partial charge in [0.05, 0.1) is 19.3 Å². The van der Waals surface area contributed by atoms with Gasteiger partial charge in [-0.05, 0) is 30.5 Å². The highest BCUT2D eigenvalue weighted by atomic mass is 35.5. The van der Waals surface area contributed by atoms with Gasteiger partial charge in [-0.25, -0.2) is 9.67 Å². The molecular weight excluding hydrogens is 378 g/mol. The fourth-order valence-corrected chi connectivity index (χ4v) is 3.94. The first-order valence-electron chi connectivity index (χ1n) is 9.55. The Morgan fingerprint density at radius 3 is 2.89 bits per heavy atom. The number of nitrogens with one attached hydrogen (secondary N) is 1. The number of hydrogen-bond donors (Lipinski definition) is 1. The summed E-state index contributed by atoms with van der Waals surface area (Å²) in [5, 5.41) is 8.35. The van der Waals surface area contributed by atoms with Crippen LogP contribution in [0.4, 0.5) is 0 Å². The van der Waals surface area contributed by atoms with Crippen LogP contribution in [-0.2, 0) is 17.9 Å². The maximum absolute atomic E-state index is 12.8. The second kappa shape index (κ2) is 8.14. The molecule has 1 aliphatic carbocycles. The summed E-state index contributed by atoms with van der Waals surface area (Å²) in [5.41, 5.74) is 1.31. The van der Waals surface area contributed by atoms with Crippen molar-refractivity contribution in [2.24, 2.45) is 5.92 Å². The molecule has 1 amide bonds. The third-order valence-corrected chi connectivity index (χ3v) is 5.45. The third kappa shape index (κ3) is 3.94. The minimum atomic E-state index is -0.147. The van der Waals surface area contributed by atoms with Crippen molar-refractivity contribution in [3.8, 4) is 0 Å². The van der Waals surface area contributed by atoms with Gasteiger partial charge in [0.2, 0.25) is 5.91 Å². The molecule has 0 bridgehead atoms. The normalized spacial score (nSPS) is 14.6. The summed E-state index contributed by atoms with van der Waals surface area (Å²) in [6, 6.07) is 7.39. The van der Waals surface area contributed by atoms with Crippen LogP contribution < -0.4 is 10.9 Å². The first-order chi connectivity index (χ1) is 13.6. The van der Waals surface area contributed by atoms with E-state index in [0.717, 1.165) is 31.2 Å². The lowest BCUT2D eigenvalue weighted by atomic mass is 10.1. The summed E-state index contributed by atoms with van der Waals surface area (Å²) in [7, 11) is 0. The van der Waals surface area contributed by atoms with Crippen LogP contribution in [0, 0.1) is 5.92 Å². The Bertz CT molecular complexity index is 1050. The Kier molecular flexibility index (Phi) is 5.43. The van der Waals surface area contributed by atoms with E-state index in [2.05, 4.69) is 15.4 Å². The highest BCUT2D eigenvalue weighted by Crippen LogP contribution is 2.24. The summed E-state index contributed by atoms with van der Waals surface area (Å²) in [4.78, 5) is 29.3. The molecule has 28 heavy (non-hydrogen) atoms. The van der Waals surface area contributed by atoms with Gasteiger partial charge in [-0.3, -0.25) is 14.2 Å². The van der Waals surface area contributed by atoms with E-state index in [-0.39, 0.29) is 17.4 Å². The minimum absolute atomic E-state index is 0.116. The van der Waals surface area contributed by atoms with Gasteiger partial charge in [0.1, 0.15) is 11.7 Å². The molecular formula is C20H22ClN5O2. The number of benzene rings is 1. The molecule has 2 heterocycles. The quantitative estimate of drug-likeness (QED) is 0.690. The zero-order chi connectivity index (χ0) is 19.5. The SMILES string of the molecule is O=C(NCCn1ncc2c(=O)n(Cc3cccc(Cl)c3)cnc21)C1CCCC1. The van der Waals surface area contributed by atoms with Gasteiger partial charge in [0.15, 0.2) is 5.65 Å². The lowest BCUT2D eigenvalue weighted by Gasteiger charge is -2.10. The standard InChI is InChI=1S/C20H22ClN5O2/c21-16-7-3-4-14(10-16)12-25-13-23-18-17(20(25)28)11-24-26(18)9-8-22-19(27)15-5-1-2-6-15/h3-4,7,10-11,13,15H,1-2,5-6,8-9,12H2,(H,22,27). The van der Waals surface area contributed by atoms with Crippen LogP contribution >= 0.6 is 11.6 Å². The monoisotopic (exact) mass is 399 g/mol. The highest BCUT2D eigenvalue weighted by molar-refractivity contribution is 6.30. The van der Waals surface area contributed by atoms with Crippen LogP contribution in [0.2, 0.25) is 5.02 Å². The van der Waals surface area contributed by atoms with Crippen LogP contribution in [0.15, 0.2) is 41.6 Å². The number of amides is 1. The molecule has 1 aromatic carbocycles. The van der Waals surface area contributed by atoms with Gasteiger partial charge in [-0.1, -0.05) is 36.6 Å². The largest absolute Gasteiger partial charge is 0.354 e. The Balaban J connectivity index is 1.45. The molecule has 0 radical (unpaired) electrons. The molecule has 8 heteroatoms. The zero-order valence-corrected chi connectivity index (χ0v) is 16.2. The van der Waals surface area contributed by atoms with Crippen molar-refractivity contribution in [1.82, 2.24) is 24.6 Å². The lowest BCUT2D eigenvalue weighted by Crippen LogP contribution is -2.32. The number of halogens is 1. The molecule has 4 rings (SSSR count). The molecule has 0 atom stereocenters. The number of carbonyl (C=O) groups excluding carboxylic acids is 1. The van der Waals surface area contributed by atoms with Gasteiger partial charge in [0, 0.05) is 17.5 Å². The molecule has 1 saturated carbocycles. The van der Waals surface area contributed by atoms with Crippen molar-refractivity contribution >= 4 is 28.5 Å². The van der Waals surface area contributed by atoms with Crippen LogP contribution in [0.3, 0.4) is 0 Å². The van der Waals surface area contributed by atoms with E-state index in [9.17, 15) is 9.59 Å². The number of carbonyl (C=O) groups is 1. The molecule has 1 aliphatic rings. The number of hydrogen-bond acceptors (Lipinski definition) is 4. The number of aromatic nitrogens is 4. The van der Waals surface area contributed by atoms with E-state index < -0.39 is 0 Å². The fraction of sp³-hybridized carbons (Fsp3) is 0.400. The van der Waals surface area contributed by atoms with E-state index in [0.29, 0.717) is 35.7 Å². The fourth-order valence-electron chi connectivity index (χ4n) is 3.72. The average molecular weight is 400 g/mol. The van der Waals surface area contributed by atoms with E-state index in [1.54, 1.807) is 15.3 Å². The molecule has 0 aliphatic heterocycles. The topological polar surface area (TPSA) is 81.8 Å². The van der Waals surface area contributed by atoms with Crippen LogP contribution in [0.25, 0.3) is 11.0 Å². The number of nitrogens with zero attached hydrogens (tertiary/aromatic N) is 4. The molecule has 3 aromatic rings. The second-order valence-corrected chi connectivity index (χ2v) is 7.62. The van der Waals surface area contributed by atoms with E-state index in [1.807, 2.05) is 18.2 Å². The van der Waals surface area contributed by atoms with Crippen molar-refractivity contribution in [1.29, 1.82) is 0 Å². The third-order valence-electron chi connectivity index (χ3n) is 5.21. The summed E-state index contributed by atoms with van der Waals surface area (Å²) >= 11 is 6.02. The maximum atomic E-state index is 12.8. The Labute approximate surface area is 167 Å². The van der Waals surface area contributed by atoms with Gasteiger partial charge in [-0.2, -0.15) is 5.10 Å². The van der Waals surface area contributed by atoms with Crippen LogP contribution in [0.1, 0.15) is 31.2 Å². The smallest absolute Gasteiger partial charge is 0.264 e. The summed E-state index contributed by atoms with van der Waals surface area (Å²) in [5.74, 6) is 0.261. The van der Waals surface area contributed by atoms with Gasteiger partial charge >= 0.3 is 0 Å². The van der Waals surface area contributed by atoms with Crippen molar-refractivity contribution in [2.75, 3.05) is 6.54 Å². The van der Waals surface area contributed by atoms with Gasteiger partial charge in [-0.15, -0.1) is 0 Å². The molecule has 146 valence electrons. The lowest BCUT2D eigenvalue weighted by molar-refractivity contribution is -0.124. The van der Waals surface area contributed by atoms with E-state index >= 15 is 0 Å². The Morgan fingerprint density at radius 1 is 1.29 bits per heavy atom. The van der Waals surface area contributed by atoms with Crippen molar-refractivity contribution in [3.05, 3.63) is 57.7 Å². The molecule has 0 unspecified atom stereocenters. The van der Waals surface area contributed by atoms with Gasteiger partial charge < -0.3 is 5.32 Å². The molecule has 1 fully saturated rings. The molecule has 7 nitrogen and oxygen atoms in total. The van der Waals surface area contributed by atoms with E-state index in [4.69, 9.17) is 11.6 Å². The number of rotatable bonds is 6. The van der Waals surface area contributed by atoms with Crippen LogP contribution in [-0.4, -0.2) is 31.8 Å². The van der Waals surface area contributed by atoms with Crippen molar-refractivity contribution in [3.63, 3.8) is 0 Å². The number of fused-ring (bicyclic) bond motifs is 1. The predicted octanol–water partition coefficient (Wildman–Crippen LogP) is 2.60. The van der Waals surface area contributed by atoms with Gasteiger partial charge in [0.25, 0.3) is 5.56 Å². The van der Waals surface area contributed by atoms with Crippen molar-refractivity contribution < 1.29 is 4.79 Å². The summed E-state index contributed by atoms with van der Waals surface area (Å²) < 4.78 is 3.21. The zero-order valence-electron chi connectivity index (χ0n) is 15.5. The average Bonchev–Trinajstić information content (AvgIpc) is 3.35. The summed E-state index contributed by atoms with van der Waals surface area (Å²) in [6.45, 7) is 1.34. The van der Waals surface area contributed by atoms with Crippen molar-refractivity contribution in [2.45, 2.75) is 38.8 Å². The Hall–Kier alpha value is -2.67. The first-order valence-corrected chi connectivity index (χ1v) is 9.93. The second-order valence-electron chi connectivity index (χ2n) is 7.18. The Morgan fingerprint density at radius 2 is 2.11 bits per heavy atom. The maximum Gasteiger partial charge on any atom is 0.264 e. The van der Waals surface area contributed by atoms with E-state index in [1.165, 1.54) is 12.5 Å².